The lowest BCUT2D eigenvalue weighted by Gasteiger charge is -2.25. The molecule has 0 fully saturated rings. The van der Waals surface area contributed by atoms with Gasteiger partial charge in [-0.15, -0.1) is 0 Å². The van der Waals surface area contributed by atoms with E-state index in [-0.39, 0.29) is 0 Å². The second-order valence-corrected chi connectivity index (χ2v) is 5.88. The summed E-state index contributed by atoms with van der Waals surface area (Å²) in [4.78, 5) is -3.58. The van der Waals surface area contributed by atoms with E-state index in [2.05, 4.69) is 0 Å². The van der Waals surface area contributed by atoms with Crippen LogP contribution in [0.1, 0.15) is 22.3 Å². The summed E-state index contributed by atoms with van der Waals surface area (Å²) in [6.45, 7) is 0. The second kappa shape index (κ2) is 5.90. The molecule has 0 spiro atoms. The van der Waals surface area contributed by atoms with E-state index in [1.54, 1.807) is 0 Å². The molecule has 1 aromatic rings. The second-order valence-electron chi connectivity index (χ2n) is 4.52. The smallest absolute Gasteiger partial charge is 0.282 e. The van der Waals surface area contributed by atoms with E-state index in [1.165, 1.54) is 0 Å². The standard InChI is InChI=1S/C10H2F12O3S/c11-7(12,13)2-1-3(8(14,15)16)5(10(20,21)22)6(26(23,24)25)4(2)9(17,18)19/h1H,(H,23,24,25). The fourth-order valence-electron chi connectivity index (χ4n) is 1.93. The molecule has 0 aliphatic heterocycles. The Bertz CT molecular complexity index is 760. The molecule has 16 heteroatoms. The van der Waals surface area contributed by atoms with Gasteiger partial charge in [-0.05, 0) is 6.07 Å². The molecule has 0 unspecified atom stereocenters. The fourth-order valence-corrected chi connectivity index (χ4v) is 2.89. The summed E-state index contributed by atoms with van der Waals surface area (Å²) in [5, 5.41) is 0. The van der Waals surface area contributed by atoms with Crippen LogP contribution in [0.5, 0.6) is 0 Å². The first-order valence-electron chi connectivity index (χ1n) is 5.57. The first kappa shape index (κ1) is 22.3. The maximum absolute atomic E-state index is 12.8. The number of hydrogen-bond donors (Lipinski definition) is 1. The van der Waals surface area contributed by atoms with Crippen molar-refractivity contribution in [3.8, 4) is 0 Å². The van der Waals surface area contributed by atoms with Gasteiger partial charge in [0.1, 0.15) is 4.90 Å². The Morgan fingerprint density at radius 2 is 0.885 bits per heavy atom. The van der Waals surface area contributed by atoms with Gasteiger partial charge < -0.3 is 0 Å². The summed E-state index contributed by atoms with van der Waals surface area (Å²) >= 11 is 0. The van der Waals surface area contributed by atoms with Crippen LogP contribution in [-0.4, -0.2) is 13.0 Å². The average molecular weight is 430 g/mol. The summed E-state index contributed by atoms with van der Waals surface area (Å²) in [6.07, 6.45) is -25.7. The molecule has 0 saturated heterocycles. The number of hydrogen-bond acceptors (Lipinski definition) is 2. The predicted molar refractivity (Wildman–Crippen MR) is 56.3 cm³/mol. The molecule has 0 amide bonds. The minimum Gasteiger partial charge on any atom is -0.282 e. The molecule has 0 aliphatic carbocycles. The summed E-state index contributed by atoms with van der Waals surface area (Å²) in [7, 11) is -6.84. The van der Waals surface area contributed by atoms with Gasteiger partial charge in [-0.25, -0.2) is 0 Å². The molecule has 26 heavy (non-hydrogen) atoms. The van der Waals surface area contributed by atoms with Crippen molar-refractivity contribution in [2.45, 2.75) is 29.6 Å². The van der Waals surface area contributed by atoms with E-state index in [0.717, 1.165) is 0 Å². The van der Waals surface area contributed by atoms with Gasteiger partial charge in [0.15, 0.2) is 0 Å². The van der Waals surface area contributed by atoms with E-state index in [9.17, 15) is 61.1 Å². The number of rotatable bonds is 1. The van der Waals surface area contributed by atoms with E-state index < -0.39 is 68.0 Å². The fraction of sp³-hybridized carbons (Fsp3) is 0.400. The van der Waals surface area contributed by atoms with Gasteiger partial charge in [0.05, 0.1) is 22.3 Å². The molecule has 0 bridgehead atoms. The van der Waals surface area contributed by atoms with Gasteiger partial charge in [0, 0.05) is 0 Å². The Morgan fingerprint density at radius 1 is 0.615 bits per heavy atom. The summed E-state index contributed by atoms with van der Waals surface area (Å²) in [5.41, 5.74) is -14.0. The third kappa shape index (κ3) is 4.33. The lowest BCUT2D eigenvalue weighted by molar-refractivity contribution is -0.174. The molecule has 1 N–H and O–H groups in total. The third-order valence-corrected chi connectivity index (χ3v) is 3.64. The highest BCUT2D eigenvalue weighted by Gasteiger charge is 2.55. The molecule has 0 aromatic heterocycles. The average Bonchev–Trinajstić information content (AvgIpc) is 2.30. The van der Waals surface area contributed by atoms with Crippen LogP contribution < -0.4 is 0 Å². The summed E-state index contributed by atoms with van der Waals surface area (Å²) < 4.78 is 184. The van der Waals surface area contributed by atoms with Crippen LogP contribution in [-0.2, 0) is 34.8 Å². The zero-order valence-corrected chi connectivity index (χ0v) is 12.1. The van der Waals surface area contributed by atoms with Gasteiger partial charge in [0.25, 0.3) is 10.1 Å². The van der Waals surface area contributed by atoms with Crippen LogP contribution in [0.25, 0.3) is 0 Å². The van der Waals surface area contributed by atoms with Crippen molar-refractivity contribution in [2.75, 3.05) is 0 Å². The lowest BCUT2D eigenvalue weighted by atomic mass is 9.96. The molecule has 0 aliphatic rings. The maximum Gasteiger partial charge on any atom is 0.418 e. The number of benzene rings is 1. The normalized spacial score (nSPS) is 14.7. The van der Waals surface area contributed by atoms with Crippen molar-refractivity contribution in [1.82, 2.24) is 0 Å². The molecular formula is C10H2F12O3S. The van der Waals surface area contributed by atoms with E-state index in [0.29, 0.717) is 0 Å². The molecule has 0 radical (unpaired) electrons. The zero-order chi connectivity index (χ0) is 21.1. The quantitative estimate of drug-likeness (QED) is 0.504. The molecule has 0 atom stereocenters. The third-order valence-electron chi connectivity index (χ3n) is 2.72. The minimum atomic E-state index is -6.84. The zero-order valence-electron chi connectivity index (χ0n) is 11.3. The first-order valence-corrected chi connectivity index (χ1v) is 7.01. The topological polar surface area (TPSA) is 54.4 Å². The highest BCUT2D eigenvalue weighted by Crippen LogP contribution is 2.51. The van der Waals surface area contributed by atoms with Crippen molar-refractivity contribution in [2.24, 2.45) is 0 Å². The predicted octanol–water partition coefficient (Wildman–Crippen LogP) is 5.01. The van der Waals surface area contributed by atoms with Crippen LogP contribution in [0.2, 0.25) is 0 Å². The largest absolute Gasteiger partial charge is 0.418 e. The molecule has 1 aromatic carbocycles. The Kier molecular flexibility index (Phi) is 5.07. The van der Waals surface area contributed by atoms with Crippen LogP contribution in [0.15, 0.2) is 11.0 Å². The molecule has 3 nitrogen and oxygen atoms in total. The summed E-state index contributed by atoms with van der Waals surface area (Å²) in [5.74, 6) is 0. The first-order chi connectivity index (χ1) is 11.1. The molecule has 1 rings (SSSR count). The van der Waals surface area contributed by atoms with Gasteiger partial charge in [-0.1, -0.05) is 0 Å². The van der Waals surface area contributed by atoms with Crippen molar-refractivity contribution in [1.29, 1.82) is 0 Å². The highest BCUT2D eigenvalue weighted by atomic mass is 32.2. The molecular weight excluding hydrogens is 428 g/mol. The van der Waals surface area contributed by atoms with Crippen molar-refractivity contribution in [3.63, 3.8) is 0 Å². The van der Waals surface area contributed by atoms with Crippen LogP contribution in [0.3, 0.4) is 0 Å². The van der Waals surface area contributed by atoms with Crippen molar-refractivity contribution < 1.29 is 65.7 Å². The van der Waals surface area contributed by atoms with Crippen molar-refractivity contribution in [3.05, 3.63) is 28.3 Å². The highest BCUT2D eigenvalue weighted by molar-refractivity contribution is 7.86. The van der Waals surface area contributed by atoms with Crippen LogP contribution in [0.4, 0.5) is 52.7 Å². The molecule has 0 saturated carbocycles. The molecule has 0 heterocycles. The number of halogens is 12. The van der Waals surface area contributed by atoms with Crippen LogP contribution >= 0.6 is 0 Å². The van der Waals surface area contributed by atoms with Crippen LogP contribution in [0, 0.1) is 0 Å². The van der Waals surface area contributed by atoms with E-state index in [1.807, 2.05) is 0 Å². The SMILES string of the molecule is O=S(=O)(O)c1c(C(F)(F)F)c(C(F)(F)F)cc(C(F)(F)F)c1C(F)(F)F. The lowest BCUT2D eigenvalue weighted by Crippen LogP contribution is -2.28. The maximum atomic E-state index is 12.8. The van der Waals surface area contributed by atoms with Gasteiger partial charge >= 0.3 is 24.7 Å². The van der Waals surface area contributed by atoms with Crippen molar-refractivity contribution >= 4 is 10.1 Å². The summed E-state index contributed by atoms with van der Waals surface area (Å²) in [6, 6.07) is -1.51. The molecule has 150 valence electrons. The minimum absolute atomic E-state index is 1.51. The monoisotopic (exact) mass is 430 g/mol. The van der Waals surface area contributed by atoms with Gasteiger partial charge in [-0.2, -0.15) is 61.1 Å². The van der Waals surface area contributed by atoms with Gasteiger partial charge in [0.2, 0.25) is 0 Å². The Hall–Kier alpha value is -1.71. The van der Waals surface area contributed by atoms with Gasteiger partial charge in [-0.3, -0.25) is 4.55 Å². The Labute approximate surface area is 135 Å². The Balaban J connectivity index is 4.49. The Morgan fingerprint density at radius 3 is 1.04 bits per heavy atom. The van der Waals surface area contributed by atoms with E-state index >= 15 is 0 Å². The number of alkyl halides is 12. The van der Waals surface area contributed by atoms with E-state index in [4.69, 9.17) is 4.55 Å².